The zero-order valence-corrected chi connectivity index (χ0v) is 12.4. The number of hydrogen-bond acceptors (Lipinski definition) is 4. The lowest BCUT2D eigenvalue weighted by molar-refractivity contribution is 0.173. The van der Waals surface area contributed by atoms with Crippen molar-refractivity contribution in [3.8, 4) is 17.2 Å². The van der Waals surface area contributed by atoms with Crippen LogP contribution in [-0.4, -0.2) is 26.3 Å². The minimum absolute atomic E-state index is 0.0162. The van der Waals surface area contributed by atoms with Gasteiger partial charge in [-0.3, -0.25) is 0 Å². The van der Waals surface area contributed by atoms with Gasteiger partial charge in [-0.2, -0.15) is 0 Å². The largest absolute Gasteiger partial charge is 0.493 e. The molecule has 2 aliphatic rings. The van der Waals surface area contributed by atoms with Crippen molar-refractivity contribution in [1.82, 2.24) is 5.32 Å². The second kappa shape index (κ2) is 6.69. The maximum absolute atomic E-state index is 13.5. The maximum Gasteiger partial charge on any atom is 0.231 e. The minimum atomic E-state index is -3.27. The molecule has 0 bridgehead atoms. The first-order valence-corrected chi connectivity index (χ1v) is 7.18. The van der Waals surface area contributed by atoms with Gasteiger partial charge in [-0.25, -0.2) is 4.39 Å². The third-order valence-corrected chi connectivity index (χ3v) is 3.52. The number of benzene rings is 2. The molecule has 4 nitrogen and oxygen atoms in total. The van der Waals surface area contributed by atoms with E-state index in [-0.39, 0.29) is 22.8 Å². The van der Waals surface area contributed by atoms with Crippen LogP contribution in [0.1, 0.15) is 31.6 Å². The molecule has 2 atom stereocenters. The van der Waals surface area contributed by atoms with Gasteiger partial charge in [0.05, 0.1) is 9.30 Å². The van der Waals surface area contributed by atoms with Crippen LogP contribution in [0.25, 0.3) is 0 Å². The first-order valence-electron chi connectivity index (χ1n) is 12.2. The molecule has 24 heavy (non-hydrogen) atoms. The van der Waals surface area contributed by atoms with Gasteiger partial charge in [-0.15, -0.1) is 0 Å². The number of ether oxygens (including phenoxy) is 3. The molecule has 126 valence electrons. The van der Waals surface area contributed by atoms with Crippen molar-refractivity contribution < 1.29 is 32.3 Å². The van der Waals surface area contributed by atoms with E-state index in [1.807, 2.05) is 5.32 Å². The average Bonchev–Trinajstić information content (AvgIpc) is 2.98. The van der Waals surface area contributed by atoms with Crippen LogP contribution in [0.5, 0.6) is 17.2 Å². The van der Waals surface area contributed by atoms with Crippen molar-refractivity contribution >= 4 is 0 Å². The molecule has 0 saturated carbocycles. The predicted octanol–water partition coefficient (Wildman–Crippen LogP) is 3.33. The Hall–Kier alpha value is -2.27. The number of hydrogen-bond donors (Lipinski definition) is 1. The quantitative estimate of drug-likeness (QED) is 0.927. The molecule has 2 aromatic carbocycles. The molecule has 1 saturated heterocycles. The van der Waals surface area contributed by atoms with E-state index in [1.165, 1.54) is 12.1 Å². The average molecular weight is 339 g/mol. The third kappa shape index (κ3) is 3.17. The Kier molecular flexibility index (Phi) is 2.16. The molecule has 5 heteroatoms. The van der Waals surface area contributed by atoms with Crippen molar-refractivity contribution in [3.05, 3.63) is 53.8 Å². The van der Waals surface area contributed by atoms with Gasteiger partial charge in [0.15, 0.2) is 11.5 Å². The molecule has 0 radical (unpaired) electrons. The van der Waals surface area contributed by atoms with Gasteiger partial charge >= 0.3 is 0 Å². The summed E-state index contributed by atoms with van der Waals surface area (Å²) in [5.41, 5.74) is -0.176. The highest BCUT2D eigenvalue weighted by atomic mass is 19.1. The van der Waals surface area contributed by atoms with Crippen molar-refractivity contribution in [3.63, 3.8) is 0 Å². The number of nitrogens with one attached hydrogen (secondary N) is 1. The van der Waals surface area contributed by atoms with E-state index in [9.17, 15) is 4.39 Å². The van der Waals surface area contributed by atoms with E-state index in [0.717, 1.165) is 30.3 Å². The molecular weight excluding hydrogens is 309 g/mol. The van der Waals surface area contributed by atoms with Crippen LogP contribution >= 0.6 is 0 Å². The summed E-state index contributed by atoms with van der Waals surface area (Å²) in [6.07, 6.45) is -0.848. The van der Waals surface area contributed by atoms with Gasteiger partial charge in [0, 0.05) is 26.7 Å². The first kappa shape index (κ1) is 7.74. The van der Waals surface area contributed by atoms with Gasteiger partial charge in [-0.1, -0.05) is 12.1 Å². The van der Waals surface area contributed by atoms with Crippen molar-refractivity contribution in [2.75, 3.05) is 26.3 Å². The molecule has 2 aromatic rings. The normalized spacial score (nSPS) is 41.5. The number of halogens is 1. The fourth-order valence-corrected chi connectivity index (χ4v) is 2.32. The molecule has 0 spiro atoms. The second-order valence-electron chi connectivity index (χ2n) is 5.06. The Bertz CT molecular complexity index is 1120. The predicted molar refractivity (Wildman–Crippen MR) is 88.2 cm³/mol. The molecule has 0 amide bonds. The lowest BCUT2D eigenvalue weighted by Gasteiger charge is -2.32. The van der Waals surface area contributed by atoms with Gasteiger partial charge in [0.1, 0.15) is 14.3 Å². The van der Waals surface area contributed by atoms with E-state index < -0.39 is 50.3 Å². The fourth-order valence-electron chi connectivity index (χ4n) is 2.32. The summed E-state index contributed by atoms with van der Waals surface area (Å²) in [7, 11) is 0. The van der Waals surface area contributed by atoms with Crippen LogP contribution in [-0.2, 0) is 0 Å². The minimum Gasteiger partial charge on any atom is -0.493 e. The number of piperidine rings is 1. The molecule has 2 aliphatic heterocycles. The molecule has 0 aromatic heterocycles. The summed E-state index contributed by atoms with van der Waals surface area (Å²) < 4.78 is 112. The Morgan fingerprint density at radius 2 is 2.08 bits per heavy atom. The van der Waals surface area contributed by atoms with E-state index in [4.69, 9.17) is 27.9 Å². The van der Waals surface area contributed by atoms with Crippen LogP contribution in [0.4, 0.5) is 4.39 Å². The molecule has 1 N–H and O–H groups in total. The molecule has 1 unspecified atom stereocenters. The fraction of sp³-hybridized carbons (Fsp3) is 0.368. The zero-order valence-electron chi connectivity index (χ0n) is 22.4. The first-order chi connectivity index (χ1) is 15.4. The monoisotopic (exact) mass is 339 g/mol. The highest BCUT2D eigenvalue weighted by Crippen LogP contribution is 2.36. The van der Waals surface area contributed by atoms with E-state index in [1.54, 1.807) is 0 Å². The van der Waals surface area contributed by atoms with Gasteiger partial charge in [0.2, 0.25) is 6.75 Å². The van der Waals surface area contributed by atoms with Crippen molar-refractivity contribution in [2.45, 2.75) is 12.3 Å². The highest BCUT2D eigenvalue weighted by molar-refractivity contribution is 5.46. The summed E-state index contributed by atoms with van der Waals surface area (Å²) >= 11 is 0. The molecule has 2 heterocycles. The van der Waals surface area contributed by atoms with Crippen molar-refractivity contribution in [2.24, 2.45) is 5.89 Å². The number of fused-ring (bicyclic) bond motifs is 1. The molecule has 0 aliphatic carbocycles. The Morgan fingerprint density at radius 1 is 1.25 bits per heavy atom. The molecule has 1 fully saturated rings. The van der Waals surface area contributed by atoms with E-state index >= 15 is 0 Å². The van der Waals surface area contributed by atoms with E-state index in [0.29, 0.717) is 0 Å². The van der Waals surface area contributed by atoms with Crippen LogP contribution in [0.3, 0.4) is 0 Å². The molecule has 4 rings (SSSR count). The van der Waals surface area contributed by atoms with Gasteiger partial charge in [-0.05, 0) is 48.6 Å². The summed E-state index contributed by atoms with van der Waals surface area (Å²) in [5, 5.41) is 1.97. The van der Waals surface area contributed by atoms with Gasteiger partial charge < -0.3 is 19.5 Å². The van der Waals surface area contributed by atoms with Crippen molar-refractivity contribution in [1.29, 1.82) is 0 Å². The topological polar surface area (TPSA) is 39.7 Å². The second-order valence-corrected chi connectivity index (χ2v) is 5.06. The SMILES string of the molecule is [2H]C1([2H])C[C@@]([2H])(c2ccc(F)cc2)C([2H])(C([2H])([2H])Oc2ccc3c(c2)OC([2H])([2H])O3)C([2H])([2H])N1. The Morgan fingerprint density at radius 3 is 2.96 bits per heavy atom. The summed E-state index contributed by atoms with van der Waals surface area (Å²) in [4.78, 5) is 0. The van der Waals surface area contributed by atoms with Crippen LogP contribution in [0, 0.1) is 11.7 Å². The Labute approximate surface area is 154 Å². The highest BCUT2D eigenvalue weighted by Gasteiger charge is 2.27. The standard InChI is InChI=1S/C19H20FNO3/c20-15-3-1-13(2-4-15)17-7-8-21-10-14(17)11-22-16-5-6-18-19(9-16)24-12-23-18/h1-6,9,14,17,21H,7-8,10-12H2/t14?,17-/m0/s1/i8D2,10D2,11D2,12D2,14D,17D. The van der Waals surface area contributed by atoms with E-state index in [2.05, 4.69) is 0 Å². The van der Waals surface area contributed by atoms with Crippen LogP contribution < -0.4 is 19.5 Å². The summed E-state index contributed by atoms with van der Waals surface area (Å²) in [6, 6.07) is 7.62. The summed E-state index contributed by atoms with van der Waals surface area (Å²) in [5.74, 6) is -6.78. The lowest BCUT2D eigenvalue weighted by atomic mass is 9.81. The van der Waals surface area contributed by atoms with Crippen LogP contribution in [0.15, 0.2) is 42.5 Å². The summed E-state index contributed by atoms with van der Waals surface area (Å²) in [6.45, 7) is -11.4. The van der Waals surface area contributed by atoms with Crippen LogP contribution in [0.2, 0.25) is 0 Å². The zero-order chi connectivity index (χ0) is 25.4. The smallest absolute Gasteiger partial charge is 0.231 e. The molecular formula is C19H20FNO3. The Balaban J connectivity index is 1.80. The number of rotatable bonds is 4. The lowest BCUT2D eigenvalue weighted by Crippen LogP contribution is -2.38. The van der Waals surface area contributed by atoms with Gasteiger partial charge in [0.25, 0.3) is 0 Å². The third-order valence-electron chi connectivity index (χ3n) is 3.52. The maximum atomic E-state index is 13.5.